The van der Waals surface area contributed by atoms with Crippen LogP contribution in [-0.2, 0) is 6.54 Å². The molecule has 3 nitrogen and oxygen atoms in total. The van der Waals surface area contributed by atoms with Gasteiger partial charge in [0.25, 0.3) is 0 Å². The average Bonchev–Trinajstić information content (AvgIpc) is 3.33. The Morgan fingerprint density at radius 1 is 1.38 bits per heavy atom. The standard InChI is InChI=1S/C17H24ClNO2/c1-3-8-20-16-7-4-14(11-19-15-5-6-15)17(9-16)21-12-13(2)10-18/h4,7,9-10,15,19H,3,5-6,8,11-12H2,1-2H3/b13-10+. The summed E-state index contributed by atoms with van der Waals surface area (Å²) in [5.74, 6) is 1.73. The van der Waals surface area contributed by atoms with Crippen molar-refractivity contribution in [3.05, 3.63) is 34.9 Å². The number of rotatable bonds is 9. The summed E-state index contributed by atoms with van der Waals surface area (Å²) in [6.45, 7) is 6.10. The van der Waals surface area contributed by atoms with Crippen molar-refractivity contribution in [2.24, 2.45) is 0 Å². The van der Waals surface area contributed by atoms with E-state index in [2.05, 4.69) is 18.3 Å². The highest BCUT2D eigenvalue weighted by Crippen LogP contribution is 2.27. The van der Waals surface area contributed by atoms with Crippen molar-refractivity contribution in [1.82, 2.24) is 5.32 Å². The average molecular weight is 310 g/mol. The number of benzene rings is 1. The van der Waals surface area contributed by atoms with Crippen molar-refractivity contribution in [2.75, 3.05) is 13.2 Å². The first kappa shape index (κ1) is 16.2. The van der Waals surface area contributed by atoms with Gasteiger partial charge in [0.15, 0.2) is 0 Å². The van der Waals surface area contributed by atoms with E-state index in [4.69, 9.17) is 21.1 Å². The molecule has 0 atom stereocenters. The molecule has 4 heteroatoms. The minimum atomic E-state index is 0.497. The van der Waals surface area contributed by atoms with Gasteiger partial charge in [-0.3, -0.25) is 0 Å². The smallest absolute Gasteiger partial charge is 0.127 e. The predicted molar refractivity (Wildman–Crippen MR) is 87.2 cm³/mol. The fourth-order valence-electron chi connectivity index (χ4n) is 1.89. The molecule has 0 unspecified atom stereocenters. The largest absolute Gasteiger partial charge is 0.493 e. The zero-order chi connectivity index (χ0) is 15.1. The van der Waals surface area contributed by atoms with Gasteiger partial charge >= 0.3 is 0 Å². The Labute approximate surface area is 132 Å². The minimum Gasteiger partial charge on any atom is -0.493 e. The van der Waals surface area contributed by atoms with Crippen LogP contribution in [0.4, 0.5) is 0 Å². The first-order chi connectivity index (χ1) is 10.2. The monoisotopic (exact) mass is 309 g/mol. The Bertz CT molecular complexity index is 484. The van der Waals surface area contributed by atoms with Crippen molar-refractivity contribution in [1.29, 1.82) is 0 Å². The second-order valence-corrected chi connectivity index (χ2v) is 5.74. The molecule has 1 aromatic carbocycles. The molecule has 1 saturated carbocycles. The van der Waals surface area contributed by atoms with Gasteiger partial charge in [0, 0.05) is 29.8 Å². The Morgan fingerprint density at radius 3 is 2.86 bits per heavy atom. The maximum Gasteiger partial charge on any atom is 0.127 e. The molecule has 1 aliphatic carbocycles. The highest BCUT2D eigenvalue weighted by Gasteiger charge is 2.20. The molecule has 0 amide bonds. The molecule has 0 radical (unpaired) electrons. The quantitative estimate of drug-likeness (QED) is 0.740. The van der Waals surface area contributed by atoms with Crippen molar-refractivity contribution < 1.29 is 9.47 Å². The van der Waals surface area contributed by atoms with E-state index in [9.17, 15) is 0 Å². The van der Waals surface area contributed by atoms with Gasteiger partial charge in [-0.2, -0.15) is 0 Å². The van der Waals surface area contributed by atoms with Gasteiger partial charge in [0.1, 0.15) is 18.1 Å². The van der Waals surface area contributed by atoms with E-state index in [1.165, 1.54) is 12.8 Å². The molecular formula is C17H24ClNO2. The first-order valence-electron chi connectivity index (χ1n) is 7.60. The van der Waals surface area contributed by atoms with Crippen LogP contribution < -0.4 is 14.8 Å². The third-order valence-corrected chi connectivity index (χ3v) is 3.68. The van der Waals surface area contributed by atoms with E-state index in [1.54, 1.807) is 5.54 Å². The molecule has 0 heterocycles. The lowest BCUT2D eigenvalue weighted by Crippen LogP contribution is -2.16. The maximum absolute atomic E-state index is 5.89. The van der Waals surface area contributed by atoms with E-state index in [1.807, 2.05) is 19.1 Å². The lowest BCUT2D eigenvalue weighted by atomic mass is 10.2. The van der Waals surface area contributed by atoms with Gasteiger partial charge < -0.3 is 14.8 Å². The van der Waals surface area contributed by atoms with Crippen molar-refractivity contribution in [3.8, 4) is 11.5 Å². The molecule has 0 aliphatic heterocycles. The molecule has 116 valence electrons. The van der Waals surface area contributed by atoms with Crippen LogP contribution in [0, 0.1) is 0 Å². The molecule has 1 fully saturated rings. The van der Waals surface area contributed by atoms with Gasteiger partial charge in [0.2, 0.25) is 0 Å². The second kappa shape index (κ2) is 8.30. The first-order valence-corrected chi connectivity index (χ1v) is 8.04. The Kier molecular flexibility index (Phi) is 6.40. The third kappa shape index (κ3) is 5.60. The van der Waals surface area contributed by atoms with Crippen LogP contribution in [0.3, 0.4) is 0 Å². The lowest BCUT2D eigenvalue weighted by molar-refractivity contribution is 0.309. The summed E-state index contributed by atoms with van der Waals surface area (Å²) in [4.78, 5) is 0. The van der Waals surface area contributed by atoms with Crippen LogP contribution in [0.1, 0.15) is 38.7 Å². The van der Waals surface area contributed by atoms with Crippen LogP contribution >= 0.6 is 11.6 Å². The van der Waals surface area contributed by atoms with Crippen molar-refractivity contribution in [2.45, 2.75) is 45.7 Å². The van der Waals surface area contributed by atoms with Gasteiger partial charge in [-0.05, 0) is 37.8 Å². The Hall–Kier alpha value is -1.19. The minimum absolute atomic E-state index is 0.497. The molecule has 0 bridgehead atoms. The van der Waals surface area contributed by atoms with Crippen molar-refractivity contribution in [3.63, 3.8) is 0 Å². The van der Waals surface area contributed by atoms with Crippen LogP contribution in [0.5, 0.6) is 11.5 Å². The van der Waals surface area contributed by atoms with Gasteiger partial charge in [-0.1, -0.05) is 24.6 Å². The SMILES string of the molecule is CCCOc1ccc(CNC2CC2)c(OC/C(C)=C/Cl)c1. The summed E-state index contributed by atoms with van der Waals surface area (Å²) in [5.41, 5.74) is 3.71. The highest BCUT2D eigenvalue weighted by molar-refractivity contribution is 6.25. The van der Waals surface area contributed by atoms with Gasteiger partial charge in [-0.15, -0.1) is 0 Å². The molecular weight excluding hydrogens is 286 g/mol. The zero-order valence-electron chi connectivity index (χ0n) is 12.8. The summed E-state index contributed by atoms with van der Waals surface area (Å²) in [6, 6.07) is 6.74. The molecule has 1 aromatic rings. The fraction of sp³-hybridized carbons (Fsp3) is 0.529. The Morgan fingerprint density at radius 2 is 2.19 bits per heavy atom. The molecule has 1 N–H and O–H groups in total. The molecule has 2 rings (SSSR count). The van der Waals surface area contributed by atoms with Crippen LogP contribution in [-0.4, -0.2) is 19.3 Å². The number of halogens is 1. The van der Waals surface area contributed by atoms with E-state index < -0.39 is 0 Å². The fourth-order valence-corrected chi connectivity index (χ4v) is 1.95. The van der Waals surface area contributed by atoms with Gasteiger partial charge in [-0.25, -0.2) is 0 Å². The molecule has 21 heavy (non-hydrogen) atoms. The predicted octanol–water partition coefficient (Wildman–Crippen LogP) is 4.25. The van der Waals surface area contributed by atoms with E-state index in [0.717, 1.165) is 42.2 Å². The molecule has 0 saturated heterocycles. The molecule has 0 aromatic heterocycles. The van der Waals surface area contributed by atoms with Crippen molar-refractivity contribution >= 4 is 11.6 Å². The lowest BCUT2D eigenvalue weighted by Gasteiger charge is -2.14. The van der Waals surface area contributed by atoms with Crippen LogP contribution in [0.15, 0.2) is 29.3 Å². The number of hydrogen-bond donors (Lipinski definition) is 1. The van der Waals surface area contributed by atoms with Crippen LogP contribution in [0.25, 0.3) is 0 Å². The van der Waals surface area contributed by atoms with E-state index in [0.29, 0.717) is 12.6 Å². The van der Waals surface area contributed by atoms with Crippen LogP contribution in [0.2, 0.25) is 0 Å². The Balaban J connectivity index is 2.04. The maximum atomic E-state index is 5.89. The topological polar surface area (TPSA) is 30.5 Å². The summed E-state index contributed by atoms with van der Waals surface area (Å²) < 4.78 is 11.6. The number of ether oxygens (including phenoxy) is 2. The normalized spacial score (nSPS) is 15.1. The third-order valence-electron chi connectivity index (χ3n) is 3.31. The number of nitrogens with one attached hydrogen (secondary N) is 1. The molecule has 0 spiro atoms. The number of hydrogen-bond acceptors (Lipinski definition) is 3. The van der Waals surface area contributed by atoms with Gasteiger partial charge in [0.05, 0.1) is 6.61 Å². The van der Waals surface area contributed by atoms with E-state index >= 15 is 0 Å². The van der Waals surface area contributed by atoms with E-state index in [-0.39, 0.29) is 0 Å². The summed E-state index contributed by atoms with van der Waals surface area (Å²) in [6.07, 6.45) is 3.55. The molecule has 1 aliphatic rings. The summed E-state index contributed by atoms with van der Waals surface area (Å²) in [5, 5.41) is 3.52. The summed E-state index contributed by atoms with van der Waals surface area (Å²) >= 11 is 5.69. The zero-order valence-corrected chi connectivity index (χ0v) is 13.6. The highest BCUT2D eigenvalue weighted by atomic mass is 35.5. The summed E-state index contributed by atoms with van der Waals surface area (Å²) in [7, 11) is 0. The second-order valence-electron chi connectivity index (χ2n) is 5.52.